The van der Waals surface area contributed by atoms with Gasteiger partial charge in [-0.3, -0.25) is 4.79 Å². The number of hydrogen-bond donors (Lipinski definition) is 0. The van der Waals surface area contributed by atoms with E-state index in [0.717, 1.165) is 31.9 Å². The number of nitrogens with zero attached hydrogens (tertiary/aromatic N) is 1. The van der Waals surface area contributed by atoms with Gasteiger partial charge in [-0.2, -0.15) is 0 Å². The van der Waals surface area contributed by atoms with E-state index >= 15 is 0 Å². The third kappa shape index (κ3) is 2.23. The van der Waals surface area contributed by atoms with Gasteiger partial charge in [0, 0.05) is 31.4 Å². The second-order valence-electron chi connectivity index (χ2n) is 5.12. The minimum atomic E-state index is 0.131. The molecular weight excluding hydrogens is 222 g/mol. The highest BCUT2D eigenvalue weighted by molar-refractivity contribution is 8.01. The smallest absolute Gasteiger partial charge is 0.225 e. The Labute approximate surface area is 102 Å². The van der Waals surface area contributed by atoms with Crippen molar-refractivity contribution < 1.29 is 9.53 Å². The van der Waals surface area contributed by atoms with Crippen LogP contribution in [0.3, 0.4) is 0 Å². The molecule has 0 bridgehead atoms. The van der Waals surface area contributed by atoms with E-state index in [1.807, 2.05) is 37.4 Å². The maximum absolute atomic E-state index is 11.8. The minimum absolute atomic E-state index is 0.131. The molecule has 2 saturated heterocycles. The van der Waals surface area contributed by atoms with E-state index in [4.69, 9.17) is 4.74 Å². The molecule has 2 heterocycles. The summed E-state index contributed by atoms with van der Waals surface area (Å²) in [6.45, 7) is 8.65. The summed E-state index contributed by atoms with van der Waals surface area (Å²) in [5, 5.41) is 0. The van der Waals surface area contributed by atoms with Gasteiger partial charge in [0.2, 0.25) is 5.91 Å². The molecule has 2 aliphatic rings. The number of likely N-dealkylation sites (tertiary alicyclic amines) is 1. The molecule has 2 fully saturated rings. The van der Waals surface area contributed by atoms with Crippen molar-refractivity contribution in [2.45, 2.75) is 38.0 Å². The Bertz CT molecular complexity index is 274. The Morgan fingerprint density at radius 3 is 2.81 bits per heavy atom. The van der Waals surface area contributed by atoms with Gasteiger partial charge < -0.3 is 9.64 Å². The first-order valence-electron chi connectivity index (χ1n) is 6.11. The number of rotatable bonds is 3. The molecular formula is C12H21NO2S. The molecule has 1 unspecified atom stereocenters. The highest BCUT2D eigenvalue weighted by Gasteiger charge is 2.50. The normalized spacial score (nSPS) is 27.5. The Balaban J connectivity index is 1.81. The van der Waals surface area contributed by atoms with Crippen LogP contribution in [-0.4, -0.2) is 47.1 Å². The Morgan fingerprint density at radius 2 is 2.25 bits per heavy atom. The molecule has 1 atom stereocenters. The molecule has 0 saturated carbocycles. The molecule has 16 heavy (non-hydrogen) atoms. The first-order valence-corrected chi connectivity index (χ1v) is 7.09. The molecule has 2 aliphatic heterocycles. The van der Waals surface area contributed by atoms with E-state index < -0.39 is 0 Å². The molecule has 1 spiro atoms. The fraction of sp³-hybridized carbons (Fsp3) is 0.917. The zero-order valence-corrected chi connectivity index (χ0v) is 11.2. The summed E-state index contributed by atoms with van der Waals surface area (Å²) in [7, 11) is 0. The molecule has 0 radical (unpaired) electrons. The molecule has 0 aliphatic carbocycles. The van der Waals surface area contributed by atoms with Crippen LogP contribution in [-0.2, 0) is 9.53 Å². The lowest BCUT2D eigenvalue weighted by Gasteiger charge is -2.48. The van der Waals surface area contributed by atoms with Crippen molar-refractivity contribution in [3.05, 3.63) is 0 Å². The van der Waals surface area contributed by atoms with Crippen LogP contribution in [0.25, 0.3) is 0 Å². The van der Waals surface area contributed by atoms with Crippen LogP contribution in [0.2, 0.25) is 0 Å². The van der Waals surface area contributed by atoms with Crippen LogP contribution in [0.15, 0.2) is 0 Å². The first kappa shape index (κ1) is 12.2. The van der Waals surface area contributed by atoms with E-state index in [1.54, 1.807) is 0 Å². The monoisotopic (exact) mass is 243 g/mol. The van der Waals surface area contributed by atoms with Gasteiger partial charge in [-0.05, 0) is 13.3 Å². The predicted molar refractivity (Wildman–Crippen MR) is 66.6 cm³/mol. The van der Waals surface area contributed by atoms with Crippen LogP contribution < -0.4 is 0 Å². The third-order valence-electron chi connectivity index (χ3n) is 3.34. The standard InChI is InChI=1S/C12H21NO2S/c1-4-15-10-5-12(16-6-10)7-13(8-12)11(14)9(2)3/h9-10H,4-8H2,1-3H3. The van der Waals surface area contributed by atoms with Crippen LogP contribution in [0, 0.1) is 5.92 Å². The van der Waals surface area contributed by atoms with E-state index in [1.165, 1.54) is 0 Å². The number of thioether (sulfide) groups is 1. The highest BCUT2D eigenvalue weighted by atomic mass is 32.2. The Kier molecular flexibility index (Phi) is 3.50. The van der Waals surface area contributed by atoms with Crippen molar-refractivity contribution in [3.63, 3.8) is 0 Å². The SMILES string of the molecule is CCOC1CSC2(C1)CN(C(=O)C(C)C)C2. The largest absolute Gasteiger partial charge is 0.378 e. The molecule has 0 aromatic rings. The van der Waals surface area contributed by atoms with Gasteiger partial charge in [-0.1, -0.05) is 13.8 Å². The highest BCUT2D eigenvalue weighted by Crippen LogP contribution is 2.46. The summed E-state index contributed by atoms with van der Waals surface area (Å²) in [6.07, 6.45) is 1.53. The number of hydrogen-bond acceptors (Lipinski definition) is 3. The molecule has 0 N–H and O–H groups in total. The van der Waals surface area contributed by atoms with Crippen LogP contribution in [0.1, 0.15) is 27.2 Å². The summed E-state index contributed by atoms with van der Waals surface area (Å²) < 4.78 is 5.98. The first-order chi connectivity index (χ1) is 7.56. The zero-order valence-electron chi connectivity index (χ0n) is 10.4. The quantitative estimate of drug-likeness (QED) is 0.756. The number of ether oxygens (including phenoxy) is 1. The van der Waals surface area contributed by atoms with Gasteiger partial charge in [0.1, 0.15) is 0 Å². The predicted octanol–water partition coefficient (Wildman–Crippen LogP) is 1.77. The van der Waals surface area contributed by atoms with Gasteiger partial charge in [-0.15, -0.1) is 11.8 Å². The molecule has 3 nitrogen and oxygen atoms in total. The van der Waals surface area contributed by atoms with Crippen LogP contribution >= 0.6 is 11.8 Å². The van der Waals surface area contributed by atoms with Crippen molar-refractivity contribution >= 4 is 17.7 Å². The molecule has 0 aromatic heterocycles. The molecule has 4 heteroatoms. The molecule has 0 aromatic carbocycles. The van der Waals surface area contributed by atoms with E-state index in [9.17, 15) is 4.79 Å². The second-order valence-corrected chi connectivity index (χ2v) is 6.61. The summed E-state index contributed by atoms with van der Waals surface area (Å²) in [5.41, 5.74) is 0. The topological polar surface area (TPSA) is 29.5 Å². The van der Waals surface area contributed by atoms with Crippen LogP contribution in [0.5, 0.6) is 0 Å². The van der Waals surface area contributed by atoms with Gasteiger partial charge in [0.15, 0.2) is 0 Å². The minimum Gasteiger partial charge on any atom is -0.378 e. The van der Waals surface area contributed by atoms with Gasteiger partial charge in [0.05, 0.1) is 10.9 Å². The van der Waals surface area contributed by atoms with Crippen molar-refractivity contribution in [2.24, 2.45) is 5.92 Å². The van der Waals surface area contributed by atoms with E-state index in [2.05, 4.69) is 0 Å². The summed E-state index contributed by atoms with van der Waals surface area (Å²) >= 11 is 1.99. The number of amides is 1. The maximum atomic E-state index is 11.8. The molecule has 1 amide bonds. The number of carbonyl (C=O) groups excluding carboxylic acids is 1. The lowest BCUT2D eigenvalue weighted by Crippen LogP contribution is -2.61. The van der Waals surface area contributed by atoms with E-state index in [-0.39, 0.29) is 5.92 Å². The summed E-state index contributed by atoms with van der Waals surface area (Å²) in [4.78, 5) is 13.7. The van der Waals surface area contributed by atoms with Crippen molar-refractivity contribution in [1.82, 2.24) is 4.90 Å². The van der Waals surface area contributed by atoms with Crippen molar-refractivity contribution in [3.8, 4) is 0 Å². The lowest BCUT2D eigenvalue weighted by molar-refractivity contribution is -0.140. The van der Waals surface area contributed by atoms with Crippen molar-refractivity contribution in [1.29, 1.82) is 0 Å². The molecule has 92 valence electrons. The lowest BCUT2D eigenvalue weighted by atomic mass is 9.92. The Hall–Kier alpha value is -0.220. The maximum Gasteiger partial charge on any atom is 0.225 e. The summed E-state index contributed by atoms with van der Waals surface area (Å²) in [5.74, 6) is 1.52. The third-order valence-corrected chi connectivity index (χ3v) is 4.92. The fourth-order valence-corrected chi connectivity index (χ4v) is 4.09. The Morgan fingerprint density at radius 1 is 1.56 bits per heavy atom. The van der Waals surface area contributed by atoms with Gasteiger partial charge >= 0.3 is 0 Å². The van der Waals surface area contributed by atoms with Gasteiger partial charge in [0.25, 0.3) is 0 Å². The zero-order chi connectivity index (χ0) is 11.8. The second kappa shape index (κ2) is 4.57. The number of carbonyl (C=O) groups is 1. The fourth-order valence-electron chi connectivity index (χ4n) is 2.54. The van der Waals surface area contributed by atoms with Crippen molar-refractivity contribution in [2.75, 3.05) is 25.4 Å². The van der Waals surface area contributed by atoms with E-state index in [0.29, 0.717) is 16.8 Å². The van der Waals surface area contributed by atoms with Crippen LogP contribution in [0.4, 0.5) is 0 Å². The average molecular weight is 243 g/mol. The summed E-state index contributed by atoms with van der Waals surface area (Å²) in [6, 6.07) is 0. The van der Waals surface area contributed by atoms with Gasteiger partial charge in [-0.25, -0.2) is 0 Å². The molecule has 2 rings (SSSR count). The average Bonchev–Trinajstić information content (AvgIpc) is 2.59.